The van der Waals surface area contributed by atoms with Gasteiger partial charge in [-0.05, 0) is 53.9 Å². The Balaban J connectivity index is 1.65. The van der Waals surface area contributed by atoms with Gasteiger partial charge in [0.05, 0.1) is 16.8 Å². The Kier molecular flexibility index (Phi) is 6.49. The van der Waals surface area contributed by atoms with Crippen molar-refractivity contribution < 1.29 is 27.5 Å². The monoisotopic (exact) mass is 468 g/mol. The number of nitrogens with one attached hydrogen (secondary N) is 1. The molecule has 1 aromatic heterocycles. The lowest BCUT2D eigenvalue weighted by atomic mass is 10.00. The normalized spacial score (nSPS) is 11.5. The van der Waals surface area contributed by atoms with E-state index in [1.54, 1.807) is 42.5 Å². The lowest BCUT2D eigenvalue weighted by molar-refractivity contribution is -0.138. The van der Waals surface area contributed by atoms with E-state index < -0.39 is 23.5 Å². The Hall–Kier alpha value is -3.94. The molecule has 0 radical (unpaired) electrons. The van der Waals surface area contributed by atoms with E-state index in [9.17, 15) is 22.4 Å². The SMILES string of the molecule is O=C(O)CCCNc1cc(-c2ccc(-c3cccc(C(F)(F)F)c3)cc2)nc2ccc(F)cc12. The highest BCUT2D eigenvalue weighted by Crippen LogP contribution is 2.33. The summed E-state index contributed by atoms with van der Waals surface area (Å²) in [7, 11) is 0. The molecule has 0 unspecified atom stereocenters. The largest absolute Gasteiger partial charge is 0.481 e. The molecule has 0 saturated heterocycles. The van der Waals surface area contributed by atoms with Crippen LogP contribution in [0.2, 0.25) is 0 Å². The molecular formula is C26H20F4N2O2. The van der Waals surface area contributed by atoms with Gasteiger partial charge in [-0.15, -0.1) is 0 Å². The first-order chi connectivity index (χ1) is 16.2. The minimum atomic E-state index is -4.42. The first-order valence-corrected chi connectivity index (χ1v) is 10.5. The summed E-state index contributed by atoms with van der Waals surface area (Å²) < 4.78 is 53.0. The molecule has 3 aromatic carbocycles. The summed E-state index contributed by atoms with van der Waals surface area (Å²) in [5, 5.41) is 12.6. The van der Waals surface area contributed by atoms with E-state index in [1.165, 1.54) is 18.2 Å². The van der Waals surface area contributed by atoms with Crippen LogP contribution in [0, 0.1) is 5.82 Å². The first kappa shape index (κ1) is 23.2. The molecule has 34 heavy (non-hydrogen) atoms. The van der Waals surface area contributed by atoms with Gasteiger partial charge in [-0.3, -0.25) is 4.79 Å². The zero-order valence-electron chi connectivity index (χ0n) is 17.9. The lowest BCUT2D eigenvalue weighted by Gasteiger charge is -2.13. The minimum absolute atomic E-state index is 0.00817. The Bertz CT molecular complexity index is 1340. The van der Waals surface area contributed by atoms with Crippen LogP contribution < -0.4 is 5.32 Å². The van der Waals surface area contributed by atoms with E-state index in [1.807, 2.05) is 0 Å². The number of anilines is 1. The molecule has 0 fully saturated rings. The van der Waals surface area contributed by atoms with Crippen molar-refractivity contribution in [1.82, 2.24) is 4.98 Å². The number of carbonyl (C=O) groups is 1. The third kappa shape index (κ3) is 5.33. The fourth-order valence-electron chi connectivity index (χ4n) is 3.66. The van der Waals surface area contributed by atoms with Crippen LogP contribution in [-0.2, 0) is 11.0 Å². The van der Waals surface area contributed by atoms with Crippen molar-refractivity contribution in [2.75, 3.05) is 11.9 Å². The smallest absolute Gasteiger partial charge is 0.416 e. The Morgan fingerprint density at radius 1 is 0.912 bits per heavy atom. The number of pyridine rings is 1. The van der Waals surface area contributed by atoms with E-state index in [2.05, 4.69) is 10.3 Å². The van der Waals surface area contributed by atoms with Gasteiger partial charge in [0, 0.05) is 29.6 Å². The quantitative estimate of drug-likeness (QED) is 0.226. The molecule has 0 aliphatic rings. The summed E-state index contributed by atoms with van der Waals surface area (Å²) in [6.45, 7) is 0.385. The van der Waals surface area contributed by atoms with Gasteiger partial charge in [0.25, 0.3) is 0 Å². The molecule has 0 atom stereocenters. The number of hydrogen-bond donors (Lipinski definition) is 2. The van der Waals surface area contributed by atoms with Crippen molar-refractivity contribution in [1.29, 1.82) is 0 Å². The fourth-order valence-corrected chi connectivity index (χ4v) is 3.66. The standard InChI is InChI=1S/C26H20F4N2O2/c27-20-10-11-22-21(14-20)24(31-12-2-5-25(33)34)15-23(32-22)17-8-6-16(7-9-17)18-3-1-4-19(13-18)26(28,29)30/h1,3-4,6-11,13-15H,2,5,12H2,(H,31,32)(H,33,34). The highest BCUT2D eigenvalue weighted by molar-refractivity contribution is 5.94. The summed E-state index contributed by atoms with van der Waals surface area (Å²) >= 11 is 0. The van der Waals surface area contributed by atoms with Crippen LogP contribution in [0.5, 0.6) is 0 Å². The molecule has 1 heterocycles. The molecule has 0 spiro atoms. The Morgan fingerprint density at radius 3 is 2.35 bits per heavy atom. The number of benzene rings is 3. The average molecular weight is 468 g/mol. The summed E-state index contributed by atoms with van der Waals surface area (Å²) in [5.41, 5.74) is 2.87. The number of halogens is 4. The van der Waals surface area contributed by atoms with Crippen LogP contribution in [0.25, 0.3) is 33.3 Å². The van der Waals surface area contributed by atoms with Gasteiger partial charge < -0.3 is 10.4 Å². The van der Waals surface area contributed by atoms with Crippen LogP contribution in [0.15, 0.2) is 72.8 Å². The summed E-state index contributed by atoms with van der Waals surface area (Å²) in [4.78, 5) is 15.4. The fraction of sp³-hybridized carbons (Fsp3) is 0.154. The summed E-state index contributed by atoms with van der Waals surface area (Å²) in [5.74, 6) is -1.31. The molecule has 0 aliphatic heterocycles. The predicted molar refractivity (Wildman–Crippen MR) is 123 cm³/mol. The number of aromatic nitrogens is 1. The molecule has 8 heteroatoms. The van der Waals surface area contributed by atoms with Crippen LogP contribution >= 0.6 is 0 Å². The van der Waals surface area contributed by atoms with Crippen molar-refractivity contribution in [2.45, 2.75) is 19.0 Å². The van der Waals surface area contributed by atoms with E-state index in [0.29, 0.717) is 46.4 Å². The number of carboxylic acids is 1. The van der Waals surface area contributed by atoms with Crippen LogP contribution in [-0.4, -0.2) is 22.6 Å². The van der Waals surface area contributed by atoms with Crippen molar-refractivity contribution in [2.24, 2.45) is 0 Å². The van der Waals surface area contributed by atoms with E-state index in [-0.39, 0.29) is 6.42 Å². The first-order valence-electron chi connectivity index (χ1n) is 10.5. The van der Waals surface area contributed by atoms with E-state index in [0.717, 1.165) is 17.7 Å². The van der Waals surface area contributed by atoms with Gasteiger partial charge in [-0.25, -0.2) is 9.37 Å². The van der Waals surface area contributed by atoms with Gasteiger partial charge in [0.1, 0.15) is 5.82 Å². The zero-order valence-corrected chi connectivity index (χ0v) is 17.9. The lowest BCUT2D eigenvalue weighted by Crippen LogP contribution is -2.06. The second-order valence-corrected chi connectivity index (χ2v) is 7.80. The maximum absolute atomic E-state index is 13.8. The maximum Gasteiger partial charge on any atom is 0.416 e. The number of aliphatic carboxylic acids is 1. The second kappa shape index (κ2) is 9.51. The van der Waals surface area contributed by atoms with Gasteiger partial charge in [0.2, 0.25) is 0 Å². The predicted octanol–water partition coefficient (Wildman–Crippen LogP) is 7.00. The van der Waals surface area contributed by atoms with Crippen molar-refractivity contribution in [3.8, 4) is 22.4 Å². The Morgan fingerprint density at radius 2 is 1.65 bits per heavy atom. The zero-order chi connectivity index (χ0) is 24.3. The summed E-state index contributed by atoms with van der Waals surface area (Å²) in [6, 6.07) is 18.1. The molecule has 4 nitrogen and oxygen atoms in total. The highest BCUT2D eigenvalue weighted by Gasteiger charge is 2.30. The third-order valence-corrected chi connectivity index (χ3v) is 5.36. The average Bonchev–Trinajstić information content (AvgIpc) is 2.81. The van der Waals surface area contributed by atoms with Gasteiger partial charge in [0.15, 0.2) is 0 Å². The molecule has 2 N–H and O–H groups in total. The molecular weight excluding hydrogens is 448 g/mol. The summed E-state index contributed by atoms with van der Waals surface area (Å²) in [6.07, 6.45) is -4.01. The number of carboxylic acid groups (broad SMARTS) is 1. The highest BCUT2D eigenvalue weighted by atomic mass is 19.4. The van der Waals surface area contributed by atoms with E-state index >= 15 is 0 Å². The van der Waals surface area contributed by atoms with Crippen LogP contribution in [0.4, 0.5) is 23.2 Å². The molecule has 0 amide bonds. The molecule has 0 aliphatic carbocycles. The van der Waals surface area contributed by atoms with Gasteiger partial charge in [-0.2, -0.15) is 13.2 Å². The van der Waals surface area contributed by atoms with E-state index in [4.69, 9.17) is 5.11 Å². The number of nitrogens with zero attached hydrogens (tertiary/aromatic N) is 1. The van der Waals surface area contributed by atoms with Gasteiger partial charge >= 0.3 is 12.1 Å². The topological polar surface area (TPSA) is 62.2 Å². The molecule has 0 saturated carbocycles. The molecule has 4 rings (SSSR count). The minimum Gasteiger partial charge on any atom is -0.481 e. The van der Waals surface area contributed by atoms with Crippen LogP contribution in [0.1, 0.15) is 18.4 Å². The number of rotatable bonds is 7. The Labute approximate surface area is 192 Å². The number of hydrogen-bond acceptors (Lipinski definition) is 3. The molecule has 0 bridgehead atoms. The van der Waals surface area contributed by atoms with Crippen molar-refractivity contribution in [3.63, 3.8) is 0 Å². The second-order valence-electron chi connectivity index (χ2n) is 7.80. The van der Waals surface area contributed by atoms with Crippen LogP contribution in [0.3, 0.4) is 0 Å². The van der Waals surface area contributed by atoms with Crippen molar-refractivity contribution in [3.05, 3.63) is 84.2 Å². The van der Waals surface area contributed by atoms with Crippen molar-refractivity contribution >= 4 is 22.6 Å². The third-order valence-electron chi connectivity index (χ3n) is 5.36. The molecule has 4 aromatic rings. The number of alkyl halides is 3. The maximum atomic E-state index is 13.8. The number of fused-ring (bicyclic) bond motifs is 1. The van der Waals surface area contributed by atoms with Gasteiger partial charge in [-0.1, -0.05) is 36.4 Å². The molecule has 174 valence electrons.